The summed E-state index contributed by atoms with van der Waals surface area (Å²) in [6, 6.07) is 2.76. The summed E-state index contributed by atoms with van der Waals surface area (Å²) in [5.74, 6) is -1.32. The van der Waals surface area contributed by atoms with Crippen molar-refractivity contribution in [3.05, 3.63) is 39.7 Å². The molecule has 7 heteroatoms. The Balaban J connectivity index is 2.95. The highest BCUT2D eigenvalue weighted by molar-refractivity contribution is 9.09. The van der Waals surface area contributed by atoms with Crippen molar-refractivity contribution < 1.29 is 14.1 Å². The molecule has 0 spiro atoms. The molecule has 1 rings (SSSR count). The summed E-state index contributed by atoms with van der Waals surface area (Å²) in [6.07, 6.45) is 0.695. The minimum atomic E-state index is -0.771. The van der Waals surface area contributed by atoms with Crippen LogP contribution >= 0.6 is 15.9 Å². The zero-order valence-corrected chi connectivity index (χ0v) is 11.2. The van der Waals surface area contributed by atoms with Crippen LogP contribution in [0.3, 0.4) is 0 Å². The average molecular weight is 319 g/mol. The second-order valence-electron chi connectivity index (χ2n) is 3.77. The summed E-state index contributed by atoms with van der Waals surface area (Å²) in [5, 5.41) is 14.1. The van der Waals surface area contributed by atoms with Gasteiger partial charge >= 0.3 is 0 Å². The predicted octanol–water partition coefficient (Wildman–Crippen LogP) is 2.64. The summed E-state index contributed by atoms with van der Waals surface area (Å²) >= 11 is 3.23. The Morgan fingerprint density at radius 2 is 2.28 bits per heavy atom. The number of halogens is 2. The molecule has 1 aromatic carbocycles. The van der Waals surface area contributed by atoms with Gasteiger partial charge in [0.2, 0.25) is 0 Å². The van der Waals surface area contributed by atoms with E-state index in [-0.39, 0.29) is 11.6 Å². The Kier molecular flexibility index (Phi) is 5.21. The topological polar surface area (TPSA) is 72.2 Å². The lowest BCUT2D eigenvalue weighted by Crippen LogP contribution is -2.33. The first-order valence-corrected chi connectivity index (χ1v) is 6.38. The van der Waals surface area contributed by atoms with Gasteiger partial charge < -0.3 is 5.32 Å². The molecule has 1 N–H and O–H groups in total. The highest BCUT2D eigenvalue weighted by Gasteiger charge is 2.21. The summed E-state index contributed by atoms with van der Waals surface area (Å²) < 4.78 is 12.9. The van der Waals surface area contributed by atoms with Crippen molar-refractivity contribution in [2.75, 3.05) is 5.33 Å². The molecule has 0 heterocycles. The third-order valence-corrected chi connectivity index (χ3v) is 2.78. The molecule has 1 atom stereocenters. The van der Waals surface area contributed by atoms with E-state index in [2.05, 4.69) is 21.2 Å². The average Bonchev–Trinajstić information content (AvgIpc) is 2.28. The predicted molar refractivity (Wildman–Crippen MR) is 68.4 cm³/mol. The molecule has 18 heavy (non-hydrogen) atoms. The molecule has 0 aliphatic carbocycles. The molecular weight excluding hydrogens is 307 g/mol. The Bertz CT molecular complexity index is 468. The molecule has 1 aromatic rings. The number of nitrogens with one attached hydrogen (secondary N) is 1. The van der Waals surface area contributed by atoms with Gasteiger partial charge in [0.1, 0.15) is 11.4 Å². The number of alkyl halides is 1. The number of hydrogen-bond acceptors (Lipinski definition) is 3. The van der Waals surface area contributed by atoms with Crippen molar-refractivity contribution in [1.29, 1.82) is 0 Å². The number of nitro groups is 1. The van der Waals surface area contributed by atoms with Crippen LogP contribution in [0.5, 0.6) is 0 Å². The van der Waals surface area contributed by atoms with Crippen LogP contribution < -0.4 is 5.32 Å². The molecule has 5 nitrogen and oxygen atoms in total. The number of benzene rings is 1. The minimum absolute atomic E-state index is 0.124. The van der Waals surface area contributed by atoms with Gasteiger partial charge in [-0.25, -0.2) is 4.39 Å². The highest BCUT2D eigenvalue weighted by atomic mass is 79.9. The zero-order valence-electron chi connectivity index (χ0n) is 9.65. The van der Waals surface area contributed by atoms with Gasteiger partial charge in [-0.2, -0.15) is 0 Å². The van der Waals surface area contributed by atoms with Crippen LogP contribution in [0.4, 0.5) is 10.1 Å². The number of nitro benzene ring substituents is 1. The molecule has 0 aromatic heterocycles. The van der Waals surface area contributed by atoms with Crippen molar-refractivity contribution >= 4 is 27.5 Å². The summed E-state index contributed by atoms with van der Waals surface area (Å²) in [6.45, 7) is 1.79. The molecule has 0 aliphatic heterocycles. The van der Waals surface area contributed by atoms with Crippen molar-refractivity contribution in [1.82, 2.24) is 5.32 Å². The maximum Gasteiger partial charge on any atom is 0.285 e. The van der Waals surface area contributed by atoms with E-state index in [9.17, 15) is 19.3 Å². The normalized spacial score (nSPS) is 11.9. The van der Waals surface area contributed by atoms with E-state index in [4.69, 9.17) is 0 Å². The molecule has 0 bridgehead atoms. The van der Waals surface area contributed by atoms with E-state index < -0.39 is 22.3 Å². The highest BCUT2D eigenvalue weighted by Crippen LogP contribution is 2.19. The second kappa shape index (κ2) is 6.44. The standard InChI is InChI=1S/C11H12BrFN2O3/c1-7(4-5-12)14-11(16)9-3-2-8(13)6-10(9)15(17)18/h2-3,6-7H,4-5H2,1H3,(H,14,16). The fourth-order valence-corrected chi connectivity index (χ4v) is 2.07. The van der Waals surface area contributed by atoms with Crippen LogP contribution in [0.2, 0.25) is 0 Å². The van der Waals surface area contributed by atoms with Gasteiger partial charge in [-0.3, -0.25) is 14.9 Å². The lowest BCUT2D eigenvalue weighted by atomic mass is 10.1. The van der Waals surface area contributed by atoms with Crippen molar-refractivity contribution in [3.8, 4) is 0 Å². The number of rotatable bonds is 5. The van der Waals surface area contributed by atoms with Crippen LogP contribution in [0, 0.1) is 15.9 Å². The van der Waals surface area contributed by atoms with E-state index in [1.165, 1.54) is 0 Å². The van der Waals surface area contributed by atoms with Crippen LogP contribution in [0.25, 0.3) is 0 Å². The van der Waals surface area contributed by atoms with E-state index in [0.717, 1.165) is 18.2 Å². The molecule has 0 fully saturated rings. The summed E-state index contributed by atoms with van der Waals surface area (Å²) in [7, 11) is 0. The van der Waals surface area contributed by atoms with Gasteiger partial charge in [0.05, 0.1) is 11.0 Å². The van der Waals surface area contributed by atoms with Gasteiger partial charge in [0.25, 0.3) is 11.6 Å². The minimum Gasteiger partial charge on any atom is -0.349 e. The third kappa shape index (κ3) is 3.76. The second-order valence-corrected chi connectivity index (χ2v) is 4.56. The van der Waals surface area contributed by atoms with Gasteiger partial charge in [-0.15, -0.1) is 0 Å². The number of hydrogen-bond donors (Lipinski definition) is 1. The van der Waals surface area contributed by atoms with E-state index in [1.807, 2.05) is 0 Å². The van der Waals surface area contributed by atoms with Crippen LogP contribution in [-0.4, -0.2) is 22.2 Å². The van der Waals surface area contributed by atoms with E-state index >= 15 is 0 Å². The first-order chi connectivity index (χ1) is 8.45. The lowest BCUT2D eigenvalue weighted by Gasteiger charge is -2.12. The van der Waals surface area contributed by atoms with Crippen LogP contribution in [0.1, 0.15) is 23.7 Å². The lowest BCUT2D eigenvalue weighted by molar-refractivity contribution is -0.385. The number of amides is 1. The molecule has 1 amide bonds. The maximum atomic E-state index is 12.9. The molecule has 0 radical (unpaired) electrons. The summed E-state index contributed by atoms with van der Waals surface area (Å²) in [4.78, 5) is 21.8. The Morgan fingerprint density at radius 1 is 1.61 bits per heavy atom. The van der Waals surface area contributed by atoms with Gasteiger partial charge in [0.15, 0.2) is 0 Å². The van der Waals surface area contributed by atoms with Crippen LogP contribution in [0.15, 0.2) is 18.2 Å². The number of carbonyl (C=O) groups excluding carboxylic acids is 1. The van der Waals surface area contributed by atoms with Gasteiger partial charge in [-0.05, 0) is 25.5 Å². The SMILES string of the molecule is CC(CCBr)NC(=O)c1ccc(F)cc1[N+](=O)[O-]. The van der Waals surface area contributed by atoms with Gasteiger partial charge in [0, 0.05) is 11.4 Å². The molecule has 0 saturated carbocycles. The van der Waals surface area contributed by atoms with E-state index in [1.54, 1.807) is 6.92 Å². The fourth-order valence-electron chi connectivity index (χ4n) is 1.39. The van der Waals surface area contributed by atoms with Gasteiger partial charge in [-0.1, -0.05) is 15.9 Å². The van der Waals surface area contributed by atoms with Crippen molar-refractivity contribution in [3.63, 3.8) is 0 Å². The van der Waals surface area contributed by atoms with E-state index in [0.29, 0.717) is 11.8 Å². The zero-order chi connectivity index (χ0) is 13.7. The molecule has 0 saturated heterocycles. The first-order valence-electron chi connectivity index (χ1n) is 5.26. The Hall–Kier alpha value is -1.50. The Morgan fingerprint density at radius 3 is 2.83 bits per heavy atom. The largest absolute Gasteiger partial charge is 0.349 e. The smallest absolute Gasteiger partial charge is 0.285 e. The fraction of sp³-hybridized carbons (Fsp3) is 0.364. The molecule has 0 aliphatic rings. The van der Waals surface area contributed by atoms with Crippen molar-refractivity contribution in [2.24, 2.45) is 0 Å². The third-order valence-electron chi connectivity index (χ3n) is 2.32. The first kappa shape index (κ1) is 14.6. The molecule has 1 unspecified atom stereocenters. The Labute approximate surface area is 112 Å². The number of carbonyl (C=O) groups is 1. The maximum absolute atomic E-state index is 12.9. The van der Waals surface area contributed by atoms with Crippen molar-refractivity contribution in [2.45, 2.75) is 19.4 Å². The molecule has 98 valence electrons. The molecular formula is C11H12BrFN2O3. The van der Waals surface area contributed by atoms with Crippen LogP contribution in [-0.2, 0) is 0 Å². The monoisotopic (exact) mass is 318 g/mol. The quantitative estimate of drug-likeness (QED) is 0.515. The number of nitrogens with zero attached hydrogens (tertiary/aromatic N) is 1. The summed E-state index contributed by atoms with van der Waals surface area (Å²) in [5.41, 5.74) is -0.665.